The van der Waals surface area contributed by atoms with Crippen LogP contribution in [0.5, 0.6) is 0 Å². The molecule has 0 bridgehead atoms. The fraction of sp³-hybridized carbons (Fsp3) is 0.889. The standard InChI is InChI=1S/C9H14Cl2O2/c1-5(12)13-7(8(10)11)6-4-9(6,2)3/h6-8H,4H2,1-3H3. The van der Waals surface area contributed by atoms with Crippen LogP contribution in [0.25, 0.3) is 0 Å². The highest BCUT2D eigenvalue weighted by molar-refractivity contribution is 6.44. The predicted octanol–water partition coefficient (Wildman–Crippen LogP) is 2.77. The van der Waals surface area contributed by atoms with Crippen molar-refractivity contribution in [2.75, 3.05) is 0 Å². The van der Waals surface area contributed by atoms with Gasteiger partial charge in [-0.15, -0.1) is 23.2 Å². The lowest BCUT2D eigenvalue weighted by Crippen LogP contribution is -2.27. The zero-order valence-electron chi connectivity index (χ0n) is 8.01. The number of esters is 1. The molecule has 0 radical (unpaired) electrons. The molecule has 0 saturated heterocycles. The molecule has 0 aromatic rings. The van der Waals surface area contributed by atoms with Crippen molar-refractivity contribution in [3.63, 3.8) is 0 Å². The van der Waals surface area contributed by atoms with Crippen LogP contribution in [0.4, 0.5) is 0 Å². The first-order chi connectivity index (χ1) is 5.84. The molecule has 4 heteroatoms. The average molecular weight is 225 g/mol. The Labute approximate surface area is 88.5 Å². The van der Waals surface area contributed by atoms with E-state index < -0.39 is 4.84 Å². The smallest absolute Gasteiger partial charge is 0.303 e. The summed E-state index contributed by atoms with van der Waals surface area (Å²) >= 11 is 11.5. The van der Waals surface area contributed by atoms with E-state index in [2.05, 4.69) is 13.8 Å². The maximum absolute atomic E-state index is 10.8. The van der Waals surface area contributed by atoms with Gasteiger partial charge in [0.15, 0.2) is 0 Å². The first-order valence-electron chi connectivity index (χ1n) is 4.30. The fourth-order valence-electron chi connectivity index (χ4n) is 1.57. The normalized spacial score (nSPS) is 27.1. The van der Waals surface area contributed by atoms with Gasteiger partial charge in [0.2, 0.25) is 0 Å². The molecular formula is C9H14Cl2O2. The van der Waals surface area contributed by atoms with Crippen molar-refractivity contribution in [2.45, 2.75) is 38.1 Å². The third-order valence-corrected chi connectivity index (χ3v) is 3.03. The van der Waals surface area contributed by atoms with Crippen LogP contribution in [0.15, 0.2) is 0 Å². The van der Waals surface area contributed by atoms with Gasteiger partial charge in [-0.1, -0.05) is 13.8 Å². The molecule has 0 spiro atoms. The minimum atomic E-state index is -0.629. The summed E-state index contributed by atoms with van der Waals surface area (Å²) in [6, 6.07) is 0. The Kier molecular flexibility index (Phi) is 3.13. The summed E-state index contributed by atoms with van der Waals surface area (Å²) in [5, 5.41) is 0. The van der Waals surface area contributed by atoms with Gasteiger partial charge in [-0.05, 0) is 11.8 Å². The Morgan fingerprint density at radius 3 is 2.23 bits per heavy atom. The highest BCUT2D eigenvalue weighted by atomic mass is 35.5. The highest BCUT2D eigenvalue weighted by Gasteiger charge is 2.53. The summed E-state index contributed by atoms with van der Waals surface area (Å²) in [6.07, 6.45) is 0.664. The van der Waals surface area contributed by atoms with Crippen LogP contribution < -0.4 is 0 Å². The quantitative estimate of drug-likeness (QED) is 0.545. The number of carbonyl (C=O) groups is 1. The Morgan fingerprint density at radius 1 is 1.54 bits per heavy atom. The maximum Gasteiger partial charge on any atom is 0.303 e. The number of hydrogen-bond donors (Lipinski definition) is 0. The van der Waals surface area contributed by atoms with Crippen LogP contribution in [0, 0.1) is 11.3 Å². The van der Waals surface area contributed by atoms with E-state index >= 15 is 0 Å². The van der Waals surface area contributed by atoms with Crippen molar-refractivity contribution in [1.82, 2.24) is 0 Å². The minimum Gasteiger partial charge on any atom is -0.459 e. The molecule has 1 saturated carbocycles. The number of alkyl halides is 2. The van der Waals surface area contributed by atoms with Crippen LogP contribution >= 0.6 is 23.2 Å². The van der Waals surface area contributed by atoms with Crippen molar-refractivity contribution in [3.05, 3.63) is 0 Å². The third-order valence-electron chi connectivity index (χ3n) is 2.54. The van der Waals surface area contributed by atoms with E-state index in [1.807, 2.05) is 0 Å². The number of halogens is 2. The molecule has 0 amide bonds. The molecule has 0 N–H and O–H groups in total. The predicted molar refractivity (Wildman–Crippen MR) is 52.9 cm³/mol. The molecule has 2 unspecified atom stereocenters. The monoisotopic (exact) mass is 224 g/mol. The Bertz CT molecular complexity index is 214. The lowest BCUT2D eigenvalue weighted by Gasteiger charge is -2.19. The van der Waals surface area contributed by atoms with Crippen LogP contribution in [0.2, 0.25) is 0 Å². The minimum absolute atomic E-state index is 0.210. The summed E-state index contributed by atoms with van der Waals surface area (Å²) < 4.78 is 5.07. The SMILES string of the molecule is CC(=O)OC(C(Cl)Cl)C1CC1(C)C. The molecule has 0 aliphatic heterocycles. The Hall–Kier alpha value is 0.0500. The second kappa shape index (κ2) is 3.66. The van der Waals surface area contributed by atoms with Gasteiger partial charge < -0.3 is 4.74 Å². The first-order valence-corrected chi connectivity index (χ1v) is 5.17. The van der Waals surface area contributed by atoms with Crippen molar-refractivity contribution >= 4 is 29.2 Å². The summed E-state index contributed by atoms with van der Waals surface area (Å²) in [5.74, 6) is -0.0181. The van der Waals surface area contributed by atoms with Crippen LogP contribution in [-0.4, -0.2) is 16.9 Å². The fourth-order valence-corrected chi connectivity index (χ4v) is 2.02. The molecule has 1 fully saturated rings. The largest absolute Gasteiger partial charge is 0.459 e. The molecule has 2 nitrogen and oxygen atoms in total. The van der Waals surface area contributed by atoms with E-state index in [1.165, 1.54) is 6.92 Å². The molecule has 2 atom stereocenters. The molecule has 0 heterocycles. The van der Waals surface area contributed by atoms with E-state index in [-0.39, 0.29) is 17.5 Å². The molecule has 13 heavy (non-hydrogen) atoms. The van der Waals surface area contributed by atoms with E-state index in [4.69, 9.17) is 27.9 Å². The van der Waals surface area contributed by atoms with Gasteiger partial charge >= 0.3 is 5.97 Å². The van der Waals surface area contributed by atoms with Crippen molar-refractivity contribution < 1.29 is 9.53 Å². The lowest BCUT2D eigenvalue weighted by atomic mass is 10.1. The number of rotatable bonds is 3. The molecule has 1 rings (SSSR count). The van der Waals surface area contributed by atoms with Crippen molar-refractivity contribution in [1.29, 1.82) is 0 Å². The third kappa shape index (κ3) is 2.75. The van der Waals surface area contributed by atoms with E-state index in [9.17, 15) is 4.79 Å². The van der Waals surface area contributed by atoms with Crippen LogP contribution in [0.3, 0.4) is 0 Å². The lowest BCUT2D eigenvalue weighted by molar-refractivity contribution is -0.147. The van der Waals surface area contributed by atoms with Crippen molar-refractivity contribution in [3.8, 4) is 0 Å². The van der Waals surface area contributed by atoms with Crippen LogP contribution in [0.1, 0.15) is 27.2 Å². The molecular weight excluding hydrogens is 211 g/mol. The second-order valence-corrected chi connectivity index (χ2v) is 5.37. The Balaban J connectivity index is 2.55. The van der Waals surface area contributed by atoms with Gasteiger partial charge in [0, 0.05) is 12.8 Å². The molecule has 76 valence electrons. The number of ether oxygens (including phenoxy) is 1. The summed E-state index contributed by atoms with van der Waals surface area (Å²) in [6.45, 7) is 5.60. The first kappa shape index (κ1) is 11.1. The zero-order valence-corrected chi connectivity index (χ0v) is 9.52. The van der Waals surface area contributed by atoms with Gasteiger partial charge in [0.1, 0.15) is 10.9 Å². The van der Waals surface area contributed by atoms with E-state index in [1.54, 1.807) is 0 Å². The number of carbonyl (C=O) groups excluding carboxylic acids is 1. The summed E-state index contributed by atoms with van der Waals surface area (Å²) in [4.78, 5) is 10.1. The zero-order chi connectivity index (χ0) is 10.2. The van der Waals surface area contributed by atoms with Gasteiger partial charge in [-0.25, -0.2) is 0 Å². The maximum atomic E-state index is 10.8. The van der Waals surface area contributed by atoms with E-state index in [0.717, 1.165) is 6.42 Å². The van der Waals surface area contributed by atoms with E-state index in [0.29, 0.717) is 5.92 Å². The van der Waals surface area contributed by atoms with Gasteiger partial charge in [-0.3, -0.25) is 4.79 Å². The van der Waals surface area contributed by atoms with Crippen molar-refractivity contribution in [2.24, 2.45) is 11.3 Å². The summed E-state index contributed by atoms with van der Waals surface area (Å²) in [7, 11) is 0. The number of hydrogen-bond acceptors (Lipinski definition) is 2. The Morgan fingerprint density at radius 2 is 2.00 bits per heavy atom. The molecule has 0 aromatic carbocycles. The van der Waals surface area contributed by atoms with Gasteiger partial charge in [-0.2, -0.15) is 0 Å². The van der Waals surface area contributed by atoms with Gasteiger partial charge in [0.25, 0.3) is 0 Å². The summed E-state index contributed by atoms with van der Waals surface area (Å²) in [5.41, 5.74) is 0.210. The average Bonchev–Trinajstić information content (AvgIpc) is 2.53. The highest BCUT2D eigenvalue weighted by Crippen LogP contribution is 2.55. The topological polar surface area (TPSA) is 26.3 Å². The van der Waals surface area contributed by atoms with Crippen LogP contribution in [-0.2, 0) is 9.53 Å². The molecule has 1 aliphatic rings. The van der Waals surface area contributed by atoms with Gasteiger partial charge in [0.05, 0.1) is 0 Å². The molecule has 1 aliphatic carbocycles. The second-order valence-electron chi connectivity index (χ2n) is 4.21. The molecule has 0 aromatic heterocycles.